The topological polar surface area (TPSA) is 83.6 Å². The maximum Gasteiger partial charge on any atom is 0.305 e. The summed E-state index contributed by atoms with van der Waals surface area (Å²) in [5.74, 6) is -0.971. The van der Waals surface area contributed by atoms with Crippen molar-refractivity contribution in [1.82, 2.24) is 4.90 Å². The van der Waals surface area contributed by atoms with Gasteiger partial charge >= 0.3 is 5.97 Å². The molecular weight excluding hydrogens is 184 g/mol. The normalized spacial score (nSPS) is 12.2. The zero-order valence-electron chi connectivity index (χ0n) is 8.69. The van der Waals surface area contributed by atoms with Crippen molar-refractivity contribution in [1.29, 1.82) is 0 Å². The van der Waals surface area contributed by atoms with Crippen LogP contribution in [0, 0.1) is 0 Å². The maximum absolute atomic E-state index is 11.5. The van der Waals surface area contributed by atoms with E-state index in [0.717, 1.165) is 0 Å². The molecule has 0 aliphatic rings. The minimum absolute atomic E-state index is 0.0153. The molecule has 5 nitrogen and oxygen atoms in total. The minimum Gasteiger partial charge on any atom is -0.481 e. The van der Waals surface area contributed by atoms with Crippen molar-refractivity contribution in [3.8, 4) is 0 Å². The van der Waals surface area contributed by atoms with E-state index in [1.165, 1.54) is 4.90 Å². The molecule has 1 unspecified atom stereocenters. The third-order valence-electron chi connectivity index (χ3n) is 1.83. The first-order valence-electron chi connectivity index (χ1n) is 4.72. The number of carbonyl (C=O) groups is 2. The zero-order valence-corrected chi connectivity index (χ0v) is 8.69. The van der Waals surface area contributed by atoms with Gasteiger partial charge in [-0.25, -0.2) is 0 Å². The first-order valence-corrected chi connectivity index (χ1v) is 4.72. The van der Waals surface area contributed by atoms with Crippen molar-refractivity contribution in [2.75, 3.05) is 13.1 Å². The lowest BCUT2D eigenvalue weighted by Gasteiger charge is -2.20. The summed E-state index contributed by atoms with van der Waals surface area (Å²) in [5.41, 5.74) is 5.48. The van der Waals surface area contributed by atoms with Gasteiger partial charge in [-0.1, -0.05) is 0 Å². The van der Waals surface area contributed by atoms with Crippen molar-refractivity contribution in [3.05, 3.63) is 0 Å². The van der Waals surface area contributed by atoms with Gasteiger partial charge in [-0.2, -0.15) is 0 Å². The standard InChI is InChI=1S/C9H18N2O3/c1-3-11(5-4-9(13)14)8(12)6-7(2)10/h7H,3-6,10H2,1-2H3,(H,13,14). The molecule has 0 fully saturated rings. The fraction of sp³-hybridized carbons (Fsp3) is 0.778. The van der Waals surface area contributed by atoms with E-state index >= 15 is 0 Å². The molecule has 0 bridgehead atoms. The molecule has 0 radical (unpaired) electrons. The minimum atomic E-state index is -0.892. The quantitative estimate of drug-likeness (QED) is 0.637. The SMILES string of the molecule is CCN(CCC(=O)O)C(=O)CC(C)N. The molecule has 1 atom stereocenters. The van der Waals surface area contributed by atoms with Crippen molar-refractivity contribution in [3.63, 3.8) is 0 Å². The lowest BCUT2D eigenvalue weighted by Crippen LogP contribution is -2.36. The number of carbonyl (C=O) groups excluding carboxylic acids is 1. The van der Waals surface area contributed by atoms with Gasteiger partial charge in [-0.3, -0.25) is 9.59 Å². The number of carboxylic acid groups (broad SMARTS) is 1. The number of aliphatic carboxylic acids is 1. The first kappa shape index (κ1) is 12.9. The van der Waals surface area contributed by atoms with Crippen molar-refractivity contribution in [2.45, 2.75) is 32.7 Å². The largest absolute Gasteiger partial charge is 0.481 e. The number of carboxylic acids is 1. The summed E-state index contributed by atoms with van der Waals surface area (Å²) in [6.45, 7) is 4.36. The Balaban J connectivity index is 3.99. The van der Waals surface area contributed by atoms with Gasteiger partial charge in [-0.05, 0) is 13.8 Å². The highest BCUT2D eigenvalue weighted by Crippen LogP contribution is 1.98. The van der Waals surface area contributed by atoms with Crippen LogP contribution in [0.5, 0.6) is 0 Å². The van der Waals surface area contributed by atoms with Gasteiger partial charge in [0.2, 0.25) is 5.91 Å². The molecule has 0 aromatic carbocycles. The highest BCUT2D eigenvalue weighted by Gasteiger charge is 2.13. The van der Waals surface area contributed by atoms with Gasteiger partial charge in [0, 0.05) is 25.6 Å². The summed E-state index contributed by atoms with van der Waals surface area (Å²) in [5, 5.41) is 8.46. The second kappa shape index (κ2) is 6.37. The van der Waals surface area contributed by atoms with Crippen LogP contribution in [-0.4, -0.2) is 41.0 Å². The summed E-state index contributed by atoms with van der Waals surface area (Å²) < 4.78 is 0. The van der Waals surface area contributed by atoms with E-state index in [9.17, 15) is 9.59 Å². The van der Waals surface area contributed by atoms with Crippen LogP contribution in [0.15, 0.2) is 0 Å². The number of nitrogens with two attached hydrogens (primary N) is 1. The molecule has 0 saturated carbocycles. The summed E-state index contributed by atoms with van der Waals surface area (Å²) in [7, 11) is 0. The highest BCUT2D eigenvalue weighted by molar-refractivity contribution is 5.77. The lowest BCUT2D eigenvalue weighted by molar-refractivity contribution is -0.138. The van der Waals surface area contributed by atoms with Crippen LogP contribution in [0.3, 0.4) is 0 Å². The summed E-state index contributed by atoms with van der Waals surface area (Å²) in [4.78, 5) is 23.3. The third kappa shape index (κ3) is 5.53. The van der Waals surface area contributed by atoms with Gasteiger partial charge in [0.05, 0.1) is 6.42 Å². The highest BCUT2D eigenvalue weighted by atomic mass is 16.4. The van der Waals surface area contributed by atoms with Gasteiger partial charge in [-0.15, -0.1) is 0 Å². The van der Waals surface area contributed by atoms with E-state index in [4.69, 9.17) is 10.8 Å². The molecule has 1 amide bonds. The molecule has 0 aliphatic carbocycles. The van der Waals surface area contributed by atoms with Gasteiger partial charge < -0.3 is 15.7 Å². The molecule has 0 spiro atoms. The number of amides is 1. The summed E-state index contributed by atoms with van der Waals surface area (Å²) in [6.07, 6.45) is 0.256. The molecule has 3 N–H and O–H groups in total. The number of nitrogens with zero attached hydrogens (tertiary/aromatic N) is 1. The predicted octanol–water partition coefficient (Wildman–Crippen LogP) is 0.0469. The predicted molar refractivity (Wildman–Crippen MR) is 52.8 cm³/mol. The van der Waals surface area contributed by atoms with E-state index in [2.05, 4.69) is 0 Å². The van der Waals surface area contributed by atoms with E-state index in [1.807, 2.05) is 6.92 Å². The molecule has 14 heavy (non-hydrogen) atoms. The Kier molecular flexibility index (Phi) is 5.87. The van der Waals surface area contributed by atoms with Gasteiger partial charge in [0.25, 0.3) is 0 Å². The Morgan fingerprint density at radius 2 is 2.07 bits per heavy atom. The Labute approximate surface area is 83.9 Å². The molecule has 0 saturated heterocycles. The fourth-order valence-electron chi connectivity index (χ4n) is 1.09. The van der Waals surface area contributed by atoms with Crippen LogP contribution in [-0.2, 0) is 9.59 Å². The van der Waals surface area contributed by atoms with Crippen molar-refractivity contribution >= 4 is 11.9 Å². The van der Waals surface area contributed by atoms with E-state index in [-0.39, 0.29) is 31.3 Å². The van der Waals surface area contributed by atoms with Crippen LogP contribution >= 0.6 is 0 Å². The van der Waals surface area contributed by atoms with Crippen molar-refractivity contribution in [2.24, 2.45) is 5.73 Å². The number of hydrogen-bond donors (Lipinski definition) is 2. The Bertz CT molecular complexity index is 204. The van der Waals surface area contributed by atoms with Crippen LogP contribution in [0.25, 0.3) is 0 Å². The molecule has 0 aromatic heterocycles. The van der Waals surface area contributed by atoms with Gasteiger partial charge in [0.15, 0.2) is 0 Å². The average Bonchev–Trinajstić information content (AvgIpc) is 2.03. The molecule has 5 heteroatoms. The molecule has 82 valence electrons. The molecule has 0 aromatic rings. The molecule has 0 aliphatic heterocycles. The summed E-state index contributed by atoms with van der Waals surface area (Å²) in [6, 6.07) is -0.179. The smallest absolute Gasteiger partial charge is 0.305 e. The monoisotopic (exact) mass is 202 g/mol. The second-order valence-corrected chi connectivity index (χ2v) is 3.30. The van der Waals surface area contributed by atoms with Crippen LogP contribution in [0.1, 0.15) is 26.7 Å². The summed E-state index contributed by atoms with van der Waals surface area (Å²) >= 11 is 0. The second-order valence-electron chi connectivity index (χ2n) is 3.30. The number of hydrogen-bond acceptors (Lipinski definition) is 3. The Morgan fingerprint density at radius 3 is 2.43 bits per heavy atom. The average molecular weight is 202 g/mol. The first-order chi connectivity index (χ1) is 6.47. The maximum atomic E-state index is 11.5. The van der Waals surface area contributed by atoms with Crippen LogP contribution in [0.2, 0.25) is 0 Å². The van der Waals surface area contributed by atoms with Crippen LogP contribution < -0.4 is 5.73 Å². The number of rotatable bonds is 6. The van der Waals surface area contributed by atoms with E-state index < -0.39 is 5.97 Å². The Hall–Kier alpha value is -1.10. The Morgan fingerprint density at radius 1 is 1.50 bits per heavy atom. The van der Waals surface area contributed by atoms with Crippen LogP contribution in [0.4, 0.5) is 0 Å². The van der Waals surface area contributed by atoms with Gasteiger partial charge in [0.1, 0.15) is 0 Å². The lowest BCUT2D eigenvalue weighted by atomic mass is 10.2. The fourth-order valence-corrected chi connectivity index (χ4v) is 1.09. The molecule has 0 heterocycles. The van der Waals surface area contributed by atoms with E-state index in [1.54, 1.807) is 6.92 Å². The third-order valence-corrected chi connectivity index (χ3v) is 1.83. The molecular formula is C9H18N2O3. The van der Waals surface area contributed by atoms with Crippen molar-refractivity contribution < 1.29 is 14.7 Å². The zero-order chi connectivity index (χ0) is 11.1. The molecule has 0 rings (SSSR count). The van der Waals surface area contributed by atoms with E-state index in [0.29, 0.717) is 6.54 Å².